The lowest BCUT2D eigenvalue weighted by Gasteiger charge is -2.12. The van der Waals surface area contributed by atoms with Crippen LogP contribution in [0.2, 0.25) is 0 Å². The van der Waals surface area contributed by atoms with Crippen LogP contribution in [0, 0.1) is 0 Å². The predicted molar refractivity (Wildman–Crippen MR) is 152 cm³/mol. The number of nitrogens with one attached hydrogen (secondary N) is 2. The van der Waals surface area contributed by atoms with Gasteiger partial charge in [0, 0.05) is 59.8 Å². The maximum Gasteiger partial charge on any atom is 0.300 e. The van der Waals surface area contributed by atoms with E-state index in [1.807, 2.05) is 23.6 Å². The molecule has 0 saturated heterocycles. The number of anilines is 3. The Kier molecular flexibility index (Phi) is 8.44. The van der Waals surface area contributed by atoms with Gasteiger partial charge in [0.25, 0.3) is 5.97 Å². The molecule has 4 aromatic rings. The van der Waals surface area contributed by atoms with E-state index < -0.39 is 5.97 Å². The van der Waals surface area contributed by atoms with Gasteiger partial charge in [-0.1, -0.05) is 6.07 Å². The molecule has 2 aromatic heterocycles. The number of carbonyl (C=O) groups is 1. The molecule has 0 saturated carbocycles. The normalized spacial score (nSPS) is 11.9. The van der Waals surface area contributed by atoms with Gasteiger partial charge >= 0.3 is 0 Å². The molecule has 3 heterocycles. The molecule has 2 aromatic carbocycles. The number of aromatic nitrogens is 2. The fourth-order valence-corrected chi connectivity index (χ4v) is 5.06. The average molecular weight is 518 g/mol. The quantitative estimate of drug-likeness (QED) is 0.254. The van der Waals surface area contributed by atoms with Crippen LogP contribution in [0.1, 0.15) is 23.6 Å². The number of nitrogens with zero attached hydrogens (tertiary/aromatic N) is 4. The zero-order chi connectivity index (χ0) is 26.4. The molecule has 0 unspecified atom stereocenters. The van der Waals surface area contributed by atoms with Crippen molar-refractivity contribution >= 4 is 51.1 Å². The largest absolute Gasteiger partial charge is 0.481 e. The van der Waals surface area contributed by atoms with Gasteiger partial charge in [-0.2, -0.15) is 4.98 Å². The molecular weight excluding hydrogens is 486 g/mol. The fourth-order valence-electron chi connectivity index (χ4n) is 3.98. The van der Waals surface area contributed by atoms with Crippen LogP contribution in [0.15, 0.2) is 53.7 Å². The first-order valence-corrected chi connectivity index (χ1v) is 12.7. The van der Waals surface area contributed by atoms with Crippen LogP contribution in [0.4, 0.5) is 17.5 Å². The summed E-state index contributed by atoms with van der Waals surface area (Å²) < 4.78 is 1.29. The van der Waals surface area contributed by atoms with Crippen LogP contribution >= 0.6 is 11.3 Å². The first-order valence-electron chi connectivity index (χ1n) is 11.9. The van der Waals surface area contributed by atoms with Gasteiger partial charge in [0.15, 0.2) is 0 Å². The molecule has 5 N–H and O–H groups in total. The number of benzene rings is 2. The molecule has 0 fully saturated rings. The third kappa shape index (κ3) is 7.10. The number of carboxylic acid groups (broad SMARTS) is 1. The Labute approximate surface area is 220 Å². The van der Waals surface area contributed by atoms with Crippen LogP contribution in [-0.2, 0) is 17.9 Å². The molecule has 10 heteroatoms. The molecule has 0 bridgehead atoms. The standard InChI is InChI=1S/C25H27N7S.C2H4O2/c1-32(2)8-7-27-13-16-3-4-22-17(9-16)11-23(33-22)20-12-19(10-18-14-28-15-21(18)20)30-24-5-6-29-25(26)31-24;1-2(3)4/h3-6,9-12,14,27H,7-8,13,15H2,1-2H3,(H3,26,29,30,31);1H3,(H,3,4). The molecule has 1 aliphatic rings. The van der Waals surface area contributed by atoms with Gasteiger partial charge in [0.05, 0.1) is 6.54 Å². The van der Waals surface area contributed by atoms with E-state index in [4.69, 9.17) is 15.6 Å². The highest BCUT2D eigenvalue weighted by Crippen LogP contribution is 2.39. The number of likely N-dealkylation sites (N-methyl/N-ethyl adjacent to an activating group) is 1. The first-order chi connectivity index (χ1) is 17.8. The molecule has 37 heavy (non-hydrogen) atoms. The molecule has 0 atom stereocenters. The van der Waals surface area contributed by atoms with Crippen molar-refractivity contribution in [3.05, 3.63) is 65.4 Å². The van der Waals surface area contributed by atoms with E-state index in [1.54, 1.807) is 6.20 Å². The highest BCUT2D eigenvalue weighted by Gasteiger charge is 2.17. The van der Waals surface area contributed by atoms with Crippen LogP contribution in [0.3, 0.4) is 0 Å². The Bertz CT molecular complexity index is 1430. The minimum atomic E-state index is -0.833. The Morgan fingerprint density at radius 3 is 2.76 bits per heavy atom. The summed E-state index contributed by atoms with van der Waals surface area (Å²) in [6, 6.07) is 15.1. The second-order valence-corrected chi connectivity index (χ2v) is 10.1. The monoisotopic (exact) mass is 517 g/mol. The zero-order valence-electron chi connectivity index (χ0n) is 21.2. The van der Waals surface area contributed by atoms with E-state index in [0.29, 0.717) is 12.4 Å². The summed E-state index contributed by atoms with van der Waals surface area (Å²) in [6.45, 7) is 4.67. The maximum atomic E-state index is 9.00. The maximum absolute atomic E-state index is 9.00. The molecule has 0 aliphatic carbocycles. The summed E-state index contributed by atoms with van der Waals surface area (Å²) in [6.07, 6.45) is 3.60. The number of hydrogen-bond acceptors (Lipinski definition) is 9. The zero-order valence-corrected chi connectivity index (χ0v) is 22.0. The Hall–Kier alpha value is -3.86. The summed E-state index contributed by atoms with van der Waals surface area (Å²) in [5, 5.41) is 15.6. The SMILES string of the molecule is CC(=O)O.CN(C)CCNCc1ccc2sc(-c3cc(Nc4ccnc(N)n4)cc4c3CN=C4)cc2c1. The summed E-state index contributed by atoms with van der Waals surface area (Å²) >= 11 is 1.82. The number of nitrogens with two attached hydrogens (primary N) is 1. The Balaban J connectivity index is 0.000000747. The van der Waals surface area contributed by atoms with Gasteiger partial charge in [0.1, 0.15) is 5.82 Å². The predicted octanol–water partition coefficient (Wildman–Crippen LogP) is 4.36. The second-order valence-electron chi connectivity index (χ2n) is 8.97. The van der Waals surface area contributed by atoms with Crippen molar-refractivity contribution in [3.63, 3.8) is 0 Å². The van der Waals surface area contributed by atoms with Crippen molar-refractivity contribution in [3.8, 4) is 10.4 Å². The number of aliphatic imine (C=N–C) groups is 1. The number of hydrogen-bond donors (Lipinski definition) is 4. The number of fused-ring (bicyclic) bond motifs is 2. The minimum absolute atomic E-state index is 0.250. The van der Waals surface area contributed by atoms with E-state index in [-0.39, 0.29) is 5.95 Å². The van der Waals surface area contributed by atoms with Crippen molar-refractivity contribution < 1.29 is 9.90 Å². The topological polar surface area (TPSA) is 129 Å². The lowest BCUT2D eigenvalue weighted by molar-refractivity contribution is -0.134. The highest BCUT2D eigenvalue weighted by atomic mass is 32.1. The molecular formula is C27H31N7O2S. The number of nitrogen functional groups attached to an aromatic ring is 1. The average Bonchev–Trinajstić information content (AvgIpc) is 3.47. The first kappa shape index (κ1) is 26.2. The van der Waals surface area contributed by atoms with Crippen LogP contribution in [0.25, 0.3) is 20.5 Å². The van der Waals surface area contributed by atoms with Gasteiger partial charge in [-0.25, -0.2) is 4.98 Å². The number of thiophene rings is 1. The number of aliphatic carboxylic acids is 1. The lowest BCUT2D eigenvalue weighted by Crippen LogP contribution is -2.26. The smallest absolute Gasteiger partial charge is 0.300 e. The van der Waals surface area contributed by atoms with Crippen molar-refractivity contribution in [1.29, 1.82) is 0 Å². The summed E-state index contributed by atoms with van der Waals surface area (Å²) in [5.74, 6) is 0.0885. The lowest BCUT2D eigenvalue weighted by atomic mass is 10.00. The summed E-state index contributed by atoms with van der Waals surface area (Å²) in [5.41, 5.74) is 11.6. The third-order valence-electron chi connectivity index (χ3n) is 5.62. The molecule has 0 radical (unpaired) electrons. The number of rotatable bonds is 8. The van der Waals surface area contributed by atoms with Crippen molar-refractivity contribution in [2.75, 3.05) is 38.2 Å². The second kappa shape index (κ2) is 11.9. The van der Waals surface area contributed by atoms with Crippen molar-refractivity contribution in [1.82, 2.24) is 20.2 Å². The molecule has 9 nitrogen and oxygen atoms in total. The number of carboxylic acids is 1. The summed E-state index contributed by atoms with van der Waals surface area (Å²) in [7, 11) is 4.19. The van der Waals surface area contributed by atoms with Gasteiger partial charge in [0.2, 0.25) is 5.95 Å². The van der Waals surface area contributed by atoms with Crippen LogP contribution in [-0.4, -0.2) is 59.3 Å². The molecule has 1 aliphatic heterocycles. The summed E-state index contributed by atoms with van der Waals surface area (Å²) in [4.78, 5) is 25.2. The van der Waals surface area contributed by atoms with Crippen LogP contribution < -0.4 is 16.4 Å². The molecule has 0 spiro atoms. The van der Waals surface area contributed by atoms with Gasteiger partial charge < -0.3 is 26.4 Å². The van der Waals surface area contributed by atoms with Gasteiger partial charge in [-0.3, -0.25) is 9.79 Å². The van der Waals surface area contributed by atoms with Crippen molar-refractivity contribution in [2.45, 2.75) is 20.0 Å². The van der Waals surface area contributed by atoms with E-state index in [0.717, 1.165) is 37.8 Å². The van der Waals surface area contributed by atoms with E-state index in [1.165, 1.54) is 31.7 Å². The molecule has 5 rings (SSSR count). The molecule has 0 amide bonds. The minimum Gasteiger partial charge on any atom is -0.481 e. The van der Waals surface area contributed by atoms with Gasteiger partial charge in [-0.05, 0) is 72.6 Å². The van der Waals surface area contributed by atoms with Crippen LogP contribution in [0.5, 0.6) is 0 Å². The highest BCUT2D eigenvalue weighted by molar-refractivity contribution is 7.22. The Morgan fingerprint density at radius 2 is 2.00 bits per heavy atom. The fraction of sp³-hybridized carbons (Fsp3) is 0.259. The van der Waals surface area contributed by atoms with E-state index in [9.17, 15) is 0 Å². The third-order valence-corrected chi connectivity index (χ3v) is 6.77. The van der Waals surface area contributed by atoms with Crippen molar-refractivity contribution in [2.24, 2.45) is 4.99 Å². The van der Waals surface area contributed by atoms with E-state index >= 15 is 0 Å². The Morgan fingerprint density at radius 1 is 1.19 bits per heavy atom. The van der Waals surface area contributed by atoms with Gasteiger partial charge in [-0.15, -0.1) is 11.3 Å². The molecule has 192 valence electrons. The van der Waals surface area contributed by atoms with E-state index in [2.05, 4.69) is 81.0 Å².